The smallest absolute Gasteiger partial charge is 0.422 e. The minimum atomic E-state index is -4.39. The van der Waals surface area contributed by atoms with Crippen LogP contribution in [0.25, 0.3) is 0 Å². The van der Waals surface area contributed by atoms with Crippen LogP contribution in [0.1, 0.15) is 18.5 Å². The first-order valence-corrected chi connectivity index (χ1v) is 6.77. The van der Waals surface area contributed by atoms with Gasteiger partial charge in [0.2, 0.25) is 11.8 Å². The van der Waals surface area contributed by atoms with Gasteiger partial charge in [0, 0.05) is 0 Å². The molecule has 0 fully saturated rings. The molecule has 0 saturated carbocycles. The summed E-state index contributed by atoms with van der Waals surface area (Å²) >= 11 is 0. The van der Waals surface area contributed by atoms with Gasteiger partial charge in [-0.15, -0.1) is 0 Å². The van der Waals surface area contributed by atoms with Crippen LogP contribution in [0.5, 0.6) is 5.75 Å². The van der Waals surface area contributed by atoms with Crippen molar-refractivity contribution in [2.45, 2.75) is 19.1 Å². The third-order valence-electron chi connectivity index (χ3n) is 2.79. The minimum Gasteiger partial charge on any atom is -0.484 e. The molecule has 2 amide bonds. The largest absolute Gasteiger partial charge is 0.484 e. The lowest BCUT2D eigenvalue weighted by atomic mass is 10.1. The van der Waals surface area contributed by atoms with Crippen LogP contribution < -0.4 is 21.1 Å². The number of amides is 2. The van der Waals surface area contributed by atoms with Crippen molar-refractivity contribution in [1.29, 1.82) is 0 Å². The number of carbonyl (C=O) groups excluding carboxylic acids is 2. The van der Waals surface area contributed by atoms with Crippen LogP contribution in [-0.2, 0) is 9.59 Å². The van der Waals surface area contributed by atoms with Crippen molar-refractivity contribution < 1.29 is 27.5 Å². The van der Waals surface area contributed by atoms with Crippen molar-refractivity contribution >= 4 is 11.8 Å². The van der Waals surface area contributed by atoms with Crippen molar-refractivity contribution in [1.82, 2.24) is 10.6 Å². The van der Waals surface area contributed by atoms with Gasteiger partial charge >= 0.3 is 6.18 Å². The molecule has 0 aliphatic carbocycles. The number of benzene rings is 1. The van der Waals surface area contributed by atoms with E-state index in [1.165, 1.54) is 12.1 Å². The summed E-state index contributed by atoms with van der Waals surface area (Å²) in [7, 11) is 0. The van der Waals surface area contributed by atoms with Crippen LogP contribution in [0.4, 0.5) is 13.2 Å². The third-order valence-corrected chi connectivity index (χ3v) is 2.79. The van der Waals surface area contributed by atoms with Gasteiger partial charge in [-0.05, 0) is 24.6 Å². The van der Waals surface area contributed by atoms with E-state index in [0.29, 0.717) is 5.56 Å². The number of hydrogen-bond donors (Lipinski definition) is 3. The summed E-state index contributed by atoms with van der Waals surface area (Å²) in [6.45, 7) is -0.0664. The van der Waals surface area contributed by atoms with E-state index in [9.17, 15) is 22.8 Å². The second-order valence-electron chi connectivity index (χ2n) is 4.74. The second-order valence-corrected chi connectivity index (χ2v) is 4.74. The summed E-state index contributed by atoms with van der Waals surface area (Å²) < 4.78 is 40.7. The molecule has 1 atom stereocenters. The van der Waals surface area contributed by atoms with E-state index in [2.05, 4.69) is 15.4 Å². The van der Waals surface area contributed by atoms with E-state index in [-0.39, 0.29) is 24.9 Å². The number of rotatable bonds is 7. The Balaban J connectivity index is 2.49. The van der Waals surface area contributed by atoms with Gasteiger partial charge in [0.15, 0.2) is 6.61 Å². The molecule has 0 radical (unpaired) electrons. The molecule has 0 aliphatic rings. The van der Waals surface area contributed by atoms with Crippen LogP contribution in [-0.4, -0.2) is 37.7 Å². The van der Waals surface area contributed by atoms with Crippen LogP contribution >= 0.6 is 0 Å². The fourth-order valence-electron chi connectivity index (χ4n) is 1.64. The maximum atomic E-state index is 12.0. The molecule has 1 rings (SSSR count). The molecule has 0 heterocycles. The van der Waals surface area contributed by atoms with E-state index < -0.39 is 24.6 Å². The van der Waals surface area contributed by atoms with Gasteiger partial charge in [-0.2, -0.15) is 13.2 Å². The van der Waals surface area contributed by atoms with E-state index >= 15 is 0 Å². The highest BCUT2D eigenvalue weighted by Crippen LogP contribution is 2.20. The van der Waals surface area contributed by atoms with Gasteiger partial charge in [0.05, 0.1) is 19.1 Å². The standard InChI is InChI=1S/C14H18F3N3O3/c1-9(20-13(22)7-19-12(21)6-18)10-2-4-11(5-3-10)23-8-14(15,16)17/h2-5,9H,6-8,18H2,1H3,(H,19,21)(H,20,22). The molecule has 6 nitrogen and oxygen atoms in total. The SMILES string of the molecule is CC(NC(=O)CNC(=O)CN)c1ccc(OCC(F)(F)F)cc1. The number of alkyl halides is 3. The van der Waals surface area contributed by atoms with Gasteiger partial charge < -0.3 is 21.1 Å². The maximum absolute atomic E-state index is 12.0. The number of ether oxygens (including phenoxy) is 1. The average molecular weight is 333 g/mol. The summed E-state index contributed by atoms with van der Waals surface area (Å²) in [5, 5.41) is 4.96. The summed E-state index contributed by atoms with van der Waals surface area (Å²) in [6, 6.07) is 5.50. The van der Waals surface area contributed by atoms with E-state index in [0.717, 1.165) is 0 Å². The maximum Gasteiger partial charge on any atom is 0.422 e. The van der Waals surface area contributed by atoms with Gasteiger partial charge in [0.25, 0.3) is 0 Å². The molecule has 1 aromatic carbocycles. The van der Waals surface area contributed by atoms with E-state index in [1.54, 1.807) is 19.1 Å². The Kier molecular flexibility index (Phi) is 6.83. The Hall–Kier alpha value is -2.29. The normalized spacial score (nSPS) is 12.4. The summed E-state index contributed by atoms with van der Waals surface area (Å²) in [4.78, 5) is 22.5. The van der Waals surface area contributed by atoms with Crippen LogP contribution in [0.15, 0.2) is 24.3 Å². The first kappa shape index (κ1) is 18.8. The molecule has 0 aliphatic heterocycles. The average Bonchev–Trinajstić information content (AvgIpc) is 2.50. The molecular weight excluding hydrogens is 315 g/mol. The van der Waals surface area contributed by atoms with E-state index in [1.807, 2.05) is 0 Å². The zero-order valence-corrected chi connectivity index (χ0v) is 12.4. The Morgan fingerprint density at radius 2 is 1.83 bits per heavy atom. The lowest BCUT2D eigenvalue weighted by Crippen LogP contribution is -2.40. The second kappa shape index (κ2) is 8.37. The molecule has 0 aromatic heterocycles. The zero-order chi connectivity index (χ0) is 17.5. The zero-order valence-electron chi connectivity index (χ0n) is 12.4. The topological polar surface area (TPSA) is 93.5 Å². The summed E-state index contributed by atoms with van der Waals surface area (Å²) in [5.74, 6) is -0.768. The number of halogens is 3. The van der Waals surface area contributed by atoms with Crippen LogP contribution in [0.2, 0.25) is 0 Å². The van der Waals surface area contributed by atoms with Crippen molar-refractivity contribution in [2.24, 2.45) is 5.73 Å². The summed E-state index contributed by atoms with van der Waals surface area (Å²) in [6.07, 6.45) is -4.39. The predicted octanol–water partition coefficient (Wildman–Crippen LogP) is 0.880. The molecule has 9 heteroatoms. The Morgan fingerprint density at radius 1 is 1.22 bits per heavy atom. The lowest BCUT2D eigenvalue weighted by molar-refractivity contribution is -0.153. The molecule has 0 bridgehead atoms. The monoisotopic (exact) mass is 333 g/mol. The van der Waals surface area contributed by atoms with Crippen molar-refractivity contribution in [3.05, 3.63) is 29.8 Å². The fourth-order valence-corrected chi connectivity index (χ4v) is 1.64. The predicted molar refractivity (Wildman–Crippen MR) is 76.6 cm³/mol. The molecule has 4 N–H and O–H groups in total. The molecule has 128 valence electrons. The Bertz CT molecular complexity index is 532. The van der Waals surface area contributed by atoms with Crippen LogP contribution in [0.3, 0.4) is 0 Å². The van der Waals surface area contributed by atoms with Gasteiger partial charge in [-0.1, -0.05) is 12.1 Å². The molecule has 1 aromatic rings. The molecule has 0 saturated heterocycles. The fraction of sp³-hybridized carbons (Fsp3) is 0.429. The molecular formula is C14H18F3N3O3. The highest BCUT2D eigenvalue weighted by molar-refractivity contribution is 5.85. The van der Waals surface area contributed by atoms with Gasteiger partial charge in [-0.3, -0.25) is 9.59 Å². The number of carbonyl (C=O) groups is 2. The molecule has 1 unspecified atom stereocenters. The Morgan fingerprint density at radius 3 is 2.35 bits per heavy atom. The van der Waals surface area contributed by atoms with Gasteiger partial charge in [-0.25, -0.2) is 0 Å². The number of nitrogens with two attached hydrogens (primary N) is 1. The molecule has 0 spiro atoms. The number of hydrogen-bond acceptors (Lipinski definition) is 4. The minimum absolute atomic E-state index is 0.0832. The first-order chi connectivity index (χ1) is 10.7. The number of nitrogens with one attached hydrogen (secondary N) is 2. The van der Waals surface area contributed by atoms with Gasteiger partial charge in [0.1, 0.15) is 5.75 Å². The highest BCUT2D eigenvalue weighted by Gasteiger charge is 2.28. The van der Waals surface area contributed by atoms with Crippen molar-refractivity contribution in [2.75, 3.05) is 19.7 Å². The van der Waals surface area contributed by atoms with Crippen molar-refractivity contribution in [3.63, 3.8) is 0 Å². The quantitative estimate of drug-likeness (QED) is 0.690. The highest BCUT2D eigenvalue weighted by atomic mass is 19.4. The van der Waals surface area contributed by atoms with E-state index in [4.69, 9.17) is 5.73 Å². The van der Waals surface area contributed by atoms with Crippen molar-refractivity contribution in [3.8, 4) is 5.75 Å². The van der Waals surface area contributed by atoms with Crippen LogP contribution in [0, 0.1) is 0 Å². The summed E-state index contributed by atoms with van der Waals surface area (Å²) in [5.41, 5.74) is 5.77. The Labute approximate surface area is 131 Å². The lowest BCUT2D eigenvalue weighted by Gasteiger charge is -2.15. The molecule has 23 heavy (non-hydrogen) atoms. The first-order valence-electron chi connectivity index (χ1n) is 6.77. The third kappa shape index (κ3) is 7.50.